The molecule has 0 aliphatic rings. The van der Waals surface area contributed by atoms with E-state index in [1.54, 1.807) is 0 Å². The number of nitrogens with two attached hydrogens (primary N) is 1. The van der Waals surface area contributed by atoms with Crippen LogP contribution in [-0.2, 0) is 0 Å². The third-order valence-electron chi connectivity index (χ3n) is 2.80. The Morgan fingerprint density at radius 2 is 2.06 bits per heavy atom. The molecule has 4 heteroatoms. The van der Waals surface area contributed by atoms with E-state index in [2.05, 4.69) is 39.9 Å². The van der Waals surface area contributed by atoms with Crippen LogP contribution < -0.4 is 10.6 Å². The third-order valence-corrected chi connectivity index (χ3v) is 3.49. The van der Waals surface area contributed by atoms with Gasteiger partial charge in [-0.25, -0.2) is 0 Å². The fourth-order valence-electron chi connectivity index (χ4n) is 1.93. The third kappa shape index (κ3) is 4.26. The Morgan fingerprint density at radius 3 is 2.44 bits per heavy atom. The molecule has 102 valence electrons. The van der Waals surface area contributed by atoms with Gasteiger partial charge in [0, 0.05) is 29.3 Å². The molecule has 1 unspecified atom stereocenters. The standard InChI is InChI=1S/C14H23BrN2O/c1-5-17(9-14(3,4)18)11-6-7-12(10(2)16)13(15)8-11/h6-8,10,18H,5,9,16H2,1-4H3. The molecule has 1 aromatic rings. The summed E-state index contributed by atoms with van der Waals surface area (Å²) >= 11 is 3.56. The molecule has 0 bridgehead atoms. The fourth-order valence-corrected chi connectivity index (χ4v) is 2.66. The molecule has 18 heavy (non-hydrogen) atoms. The number of anilines is 1. The largest absolute Gasteiger partial charge is 0.389 e. The molecule has 1 aromatic carbocycles. The van der Waals surface area contributed by atoms with Gasteiger partial charge in [-0.1, -0.05) is 22.0 Å². The van der Waals surface area contributed by atoms with E-state index in [1.165, 1.54) is 0 Å². The van der Waals surface area contributed by atoms with Crippen molar-refractivity contribution in [2.45, 2.75) is 39.3 Å². The van der Waals surface area contributed by atoms with Crippen LogP contribution in [0.25, 0.3) is 0 Å². The smallest absolute Gasteiger partial charge is 0.0765 e. The predicted octanol–water partition coefficient (Wildman–Crippen LogP) is 3.07. The topological polar surface area (TPSA) is 49.5 Å². The first kappa shape index (κ1) is 15.5. The average Bonchev–Trinajstić information content (AvgIpc) is 2.24. The summed E-state index contributed by atoms with van der Waals surface area (Å²) in [5, 5.41) is 9.92. The maximum Gasteiger partial charge on any atom is 0.0765 e. The van der Waals surface area contributed by atoms with Gasteiger partial charge in [0.05, 0.1) is 5.60 Å². The van der Waals surface area contributed by atoms with Gasteiger partial charge in [-0.05, 0) is 45.4 Å². The van der Waals surface area contributed by atoms with Gasteiger partial charge in [0.15, 0.2) is 0 Å². The number of hydrogen-bond donors (Lipinski definition) is 2. The number of halogens is 1. The van der Waals surface area contributed by atoms with Gasteiger partial charge in [-0.3, -0.25) is 0 Å². The first-order chi connectivity index (χ1) is 8.24. The SMILES string of the molecule is CCN(CC(C)(C)O)c1ccc(C(C)N)c(Br)c1. The van der Waals surface area contributed by atoms with Crippen molar-refractivity contribution in [2.75, 3.05) is 18.0 Å². The van der Waals surface area contributed by atoms with E-state index in [0.29, 0.717) is 6.54 Å². The van der Waals surface area contributed by atoms with Crippen molar-refractivity contribution < 1.29 is 5.11 Å². The molecule has 0 aliphatic heterocycles. The van der Waals surface area contributed by atoms with E-state index in [1.807, 2.05) is 26.8 Å². The van der Waals surface area contributed by atoms with Crippen LogP contribution in [0.3, 0.4) is 0 Å². The van der Waals surface area contributed by atoms with Crippen molar-refractivity contribution >= 4 is 21.6 Å². The molecule has 1 rings (SSSR count). The molecule has 3 nitrogen and oxygen atoms in total. The Morgan fingerprint density at radius 1 is 1.44 bits per heavy atom. The van der Waals surface area contributed by atoms with E-state index in [4.69, 9.17) is 5.73 Å². The molecule has 3 N–H and O–H groups in total. The lowest BCUT2D eigenvalue weighted by atomic mass is 10.1. The Balaban J connectivity index is 2.98. The van der Waals surface area contributed by atoms with Crippen LogP contribution >= 0.6 is 15.9 Å². The predicted molar refractivity (Wildman–Crippen MR) is 80.9 cm³/mol. The second-order valence-electron chi connectivity index (χ2n) is 5.32. The summed E-state index contributed by atoms with van der Waals surface area (Å²) in [6.45, 7) is 9.15. The Bertz CT molecular complexity index is 399. The van der Waals surface area contributed by atoms with Crippen LogP contribution in [0.2, 0.25) is 0 Å². The lowest BCUT2D eigenvalue weighted by Crippen LogP contribution is -2.38. The van der Waals surface area contributed by atoms with Gasteiger partial charge in [0.2, 0.25) is 0 Å². The molecule has 0 amide bonds. The number of nitrogens with zero attached hydrogens (tertiary/aromatic N) is 1. The molecule has 0 spiro atoms. The summed E-state index contributed by atoms with van der Waals surface area (Å²) in [4.78, 5) is 2.15. The van der Waals surface area contributed by atoms with E-state index in [-0.39, 0.29) is 6.04 Å². The van der Waals surface area contributed by atoms with Crippen LogP contribution in [0, 0.1) is 0 Å². The quantitative estimate of drug-likeness (QED) is 0.878. The molecule has 0 aliphatic carbocycles. The number of likely N-dealkylation sites (N-methyl/N-ethyl adjacent to an activating group) is 1. The van der Waals surface area contributed by atoms with E-state index in [0.717, 1.165) is 22.3 Å². The van der Waals surface area contributed by atoms with Gasteiger partial charge in [-0.2, -0.15) is 0 Å². The van der Waals surface area contributed by atoms with Gasteiger partial charge >= 0.3 is 0 Å². The second-order valence-corrected chi connectivity index (χ2v) is 6.18. The highest BCUT2D eigenvalue weighted by Crippen LogP contribution is 2.28. The monoisotopic (exact) mass is 314 g/mol. The van der Waals surface area contributed by atoms with E-state index < -0.39 is 5.60 Å². The molecular weight excluding hydrogens is 292 g/mol. The van der Waals surface area contributed by atoms with E-state index >= 15 is 0 Å². The maximum atomic E-state index is 9.92. The van der Waals surface area contributed by atoms with E-state index in [9.17, 15) is 5.11 Å². The fraction of sp³-hybridized carbons (Fsp3) is 0.571. The van der Waals surface area contributed by atoms with Crippen LogP contribution in [-0.4, -0.2) is 23.8 Å². The molecular formula is C14H23BrN2O. The molecule has 0 aromatic heterocycles. The van der Waals surface area contributed by atoms with Crippen molar-refractivity contribution in [3.63, 3.8) is 0 Å². The van der Waals surface area contributed by atoms with Gasteiger partial charge in [-0.15, -0.1) is 0 Å². The van der Waals surface area contributed by atoms with Crippen LogP contribution in [0.15, 0.2) is 22.7 Å². The van der Waals surface area contributed by atoms with Crippen LogP contribution in [0.1, 0.15) is 39.3 Å². The van der Waals surface area contributed by atoms with Crippen molar-refractivity contribution in [2.24, 2.45) is 5.73 Å². The second kappa shape index (κ2) is 6.04. The van der Waals surface area contributed by atoms with Crippen molar-refractivity contribution in [3.05, 3.63) is 28.2 Å². The molecule has 0 radical (unpaired) electrons. The lowest BCUT2D eigenvalue weighted by Gasteiger charge is -2.30. The maximum absolute atomic E-state index is 9.92. The highest BCUT2D eigenvalue weighted by atomic mass is 79.9. The zero-order valence-corrected chi connectivity index (χ0v) is 13.2. The van der Waals surface area contributed by atoms with Gasteiger partial charge in [0.1, 0.15) is 0 Å². The Kier molecular flexibility index (Phi) is 5.20. The minimum absolute atomic E-state index is 0.0118. The number of aliphatic hydroxyl groups is 1. The van der Waals surface area contributed by atoms with Crippen molar-refractivity contribution in [1.82, 2.24) is 0 Å². The lowest BCUT2D eigenvalue weighted by molar-refractivity contribution is 0.0876. The molecule has 0 saturated carbocycles. The Labute approximate surface area is 118 Å². The molecule has 0 fully saturated rings. The summed E-state index contributed by atoms with van der Waals surface area (Å²) < 4.78 is 1.02. The molecule has 1 atom stereocenters. The van der Waals surface area contributed by atoms with Crippen LogP contribution in [0.5, 0.6) is 0 Å². The normalized spacial score (nSPS) is 13.5. The Hall–Kier alpha value is -0.580. The first-order valence-electron chi connectivity index (χ1n) is 6.27. The zero-order valence-electron chi connectivity index (χ0n) is 11.6. The summed E-state index contributed by atoms with van der Waals surface area (Å²) in [5.74, 6) is 0. The van der Waals surface area contributed by atoms with Gasteiger partial charge < -0.3 is 15.7 Å². The number of rotatable bonds is 5. The highest BCUT2D eigenvalue weighted by molar-refractivity contribution is 9.10. The summed E-state index contributed by atoms with van der Waals surface area (Å²) in [7, 11) is 0. The summed E-state index contributed by atoms with van der Waals surface area (Å²) in [6.07, 6.45) is 0. The highest BCUT2D eigenvalue weighted by Gasteiger charge is 2.18. The number of hydrogen-bond acceptors (Lipinski definition) is 3. The molecule has 0 heterocycles. The first-order valence-corrected chi connectivity index (χ1v) is 7.06. The number of benzene rings is 1. The average molecular weight is 315 g/mol. The van der Waals surface area contributed by atoms with Gasteiger partial charge in [0.25, 0.3) is 0 Å². The van der Waals surface area contributed by atoms with Crippen molar-refractivity contribution in [3.8, 4) is 0 Å². The molecule has 0 saturated heterocycles. The minimum Gasteiger partial charge on any atom is -0.389 e. The van der Waals surface area contributed by atoms with Crippen LogP contribution in [0.4, 0.5) is 5.69 Å². The zero-order chi connectivity index (χ0) is 13.9. The summed E-state index contributed by atoms with van der Waals surface area (Å²) in [6, 6.07) is 6.17. The van der Waals surface area contributed by atoms with Crippen molar-refractivity contribution in [1.29, 1.82) is 0 Å². The summed E-state index contributed by atoms with van der Waals surface area (Å²) in [5.41, 5.74) is 7.37. The minimum atomic E-state index is -0.706.